The van der Waals surface area contributed by atoms with Crippen molar-refractivity contribution in [2.24, 2.45) is 0 Å². The molecule has 1 N–H and O–H groups in total. The molecule has 0 saturated carbocycles. The van der Waals surface area contributed by atoms with Crippen LogP contribution in [-0.2, 0) is 22.6 Å². The van der Waals surface area contributed by atoms with E-state index in [0.29, 0.717) is 18.2 Å². The molecule has 33 heavy (non-hydrogen) atoms. The molecule has 0 aliphatic carbocycles. The van der Waals surface area contributed by atoms with Crippen molar-refractivity contribution in [2.45, 2.75) is 58.7 Å². The summed E-state index contributed by atoms with van der Waals surface area (Å²) in [6, 6.07) is 22.5. The lowest BCUT2D eigenvalue weighted by molar-refractivity contribution is -0.165. The zero-order chi connectivity index (χ0) is 23.4. The number of rotatable bonds is 8. The summed E-state index contributed by atoms with van der Waals surface area (Å²) in [5, 5.41) is 4.22. The third kappa shape index (κ3) is 5.52. The van der Waals surface area contributed by atoms with Crippen LogP contribution in [0.4, 0.5) is 5.69 Å². The van der Waals surface area contributed by atoms with E-state index >= 15 is 0 Å². The molecule has 0 spiro atoms. The van der Waals surface area contributed by atoms with Crippen LogP contribution in [0.1, 0.15) is 49.1 Å². The Morgan fingerprint density at radius 2 is 1.76 bits per heavy atom. The smallest absolute Gasteiger partial charge is 0.132 e. The van der Waals surface area contributed by atoms with Crippen LogP contribution in [0.2, 0.25) is 5.02 Å². The molecule has 0 fully saturated rings. The van der Waals surface area contributed by atoms with Crippen molar-refractivity contribution in [1.29, 1.82) is 0 Å². The summed E-state index contributed by atoms with van der Waals surface area (Å²) in [6.07, 6.45) is -0.550. The quantitative estimate of drug-likeness (QED) is 0.385. The maximum atomic E-state index is 6.41. The average molecular weight is 466 g/mol. The molecule has 5 heteroatoms. The summed E-state index contributed by atoms with van der Waals surface area (Å²) in [4.78, 5) is 0. The second-order valence-electron chi connectivity index (χ2n) is 9.00. The van der Waals surface area contributed by atoms with Crippen LogP contribution >= 0.6 is 11.6 Å². The van der Waals surface area contributed by atoms with Gasteiger partial charge in [-0.25, -0.2) is 0 Å². The number of anilines is 1. The lowest BCUT2D eigenvalue weighted by atomic mass is 9.87. The van der Waals surface area contributed by atoms with Gasteiger partial charge in [0.1, 0.15) is 23.6 Å². The molecule has 0 radical (unpaired) electrons. The van der Waals surface area contributed by atoms with Crippen molar-refractivity contribution in [2.75, 3.05) is 11.9 Å². The molecule has 4 nitrogen and oxygen atoms in total. The van der Waals surface area contributed by atoms with Crippen LogP contribution in [0.25, 0.3) is 0 Å². The molecule has 174 valence electrons. The molecule has 1 heterocycles. The number of hydrogen-bond acceptors (Lipinski definition) is 4. The van der Waals surface area contributed by atoms with E-state index < -0.39 is 5.60 Å². The third-order valence-electron chi connectivity index (χ3n) is 5.99. The SMILES string of the molecule is CCOC1c2cc(NCc3ccc(C)cc3)ccc2OC(C)(C)C1OCc1ccccc1Cl. The highest BCUT2D eigenvalue weighted by molar-refractivity contribution is 6.31. The van der Waals surface area contributed by atoms with E-state index in [1.165, 1.54) is 11.1 Å². The van der Waals surface area contributed by atoms with Gasteiger partial charge in [0.25, 0.3) is 0 Å². The molecule has 3 aromatic carbocycles. The van der Waals surface area contributed by atoms with E-state index in [1.807, 2.05) is 51.1 Å². The van der Waals surface area contributed by atoms with Gasteiger partial charge in [-0.15, -0.1) is 0 Å². The number of aryl methyl sites for hydroxylation is 1. The fraction of sp³-hybridized carbons (Fsp3) is 0.357. The fourth-order valence-corrected chi connectivity index (χ4v) is 4.38. The number of halogens is 1. The topological polar surface area (TPSA) is 39.7 Å². The second-order valence-corrected chi connectivity index (χ2v) is 9.40. The van der Waals surface area contributed by atoms with E-state index in [4.69, 9.17) is 25.8 Å². The first kappa shape index (κ1) is 23.6. The Kier molecular flexibility index (Phi) is 7.28. The molecule has 2 atom stereocenters. The van der Waals surface area contributed by atoms with Crippen molar-refractivity contribution < 1.29 is 14.2 Å². The van der Waals surface area contributed by atoms with Crippen LogP contribution in [-0.4, -0.2) is 18.3 Å². The highest BCUT2D eigenvalue weighted by Crippen LogP contribution is 2.44. The zero-order valence-corrected chi connectivity index (χ0v) is 20.5. The van der Waals surface area contributed by atoms with E-state index in [1.54, 1.807) is 0 Å². The van der Waals surface area contributed by atoms with Gasteiger partial charge in [0, 0.05) is 29.4 Å². The predicted octanol–water partition coefficient (Wildman–Crippen LogP) is 7.09. The average Bonchev–Trinajstić information content (AvgIpc) is 2.79. The maximum Gasteiger partial charge on any atom is 0.132 e. The Balaban J connectivity index is 1.56. The van der Waals surface area contributed by atoms with Gasteiger partial charge in [-0.1, -0.05) is 59.6 Å². The van der Waals surface area contributed by atoms with Crippen LogP contribution < -0.4 is 10.1 Å². The fourth-order valence-electron chi connectivity index (χ4n) is 4.19. The van der Waals surface area contributed by atoms with Crippen LogP contribution in [0.15, 0.2) is 66.7 Å². The van der Waals surface area contributed by atoms with Gasteiger partial charge in [-0.2, -0.15) is 0 Å². The number of ether oxygens (including phenoxy) is 3. The van der Waals surface area contributed by atoms with Gasteiger partial charge >= 0.3 is 0 Å². The Bertz CT molecular complexity index is 1080. The minimum atomic E-state index is -0.565. The lowest BCUT2D eigenvalue weighted by Crippen LogP contribution is -2.51. The first-order valence-corrected chi connectivity index (χ1v) is 11.8. The Labute approximate surface area is 201 Å². The molecule has 0 aromatic heterocycles. The van der Waals surface area contributed by atoms with E-state index in [-0.39, 0.29) is 12.2 Å². The predicted molar refractivity (Wildman–Crippen MR) is 134 cm³/mol. The van der Waals surface area contributed by atoms with E-state index in [0.717, 1.165) is 29.1 Å². The number of nitrogens with one attached hydrogen (secondary N) is 1. The molecule has 1 aliphatic heterocycles. The Hall–Kier alpha value is -2.53. The molecule has 3 aromatic rings. The summed E-state index contributed by atoms with van der Waals surface area (Å²) in [5.41, 5.74) is 4.89. The summed E-state index contributed by atoms with van der Waals surface area (Å²) >= 11 is 6.36. The third-order valence-corrected chi connectivity index (χ3v) is 6.36. The minimum Gasteiger partial charge on any atom is -0.485 e. The molecular weight excluding hydrogens is 434 g/mol. The minimum absolute atomic E-state index is 0.252. The number of benzene rings is 3. The summed E-state index contributed by atoms with van der Waals surface area (Å²) in [6.45, 7) is 9.91. The van der Waals surface area contributed by atoms with Crippen molar-refractivity contribution in [3.05, 3.63) is 94.0 Å². The molecule has 0 amide bonds. The van der Waals surface area contributed by atoms with Gasteiger partial charge in [0.2, 0.25) is 0 Å². The van der Waals surface area contributed by atoms with E-state index in [9.17, 15) is 0 Å². The first-order chi connectivity index (χ1) is 15.9. The molecular formula is C28H32ClNO3. The van der Waals surface area contributed by atoms with Crippen LogP contribution in [0.5, 0.6) is 5.75 Å². The van der Waals surface area contributed by atoms with Gasteiger partial charge in [-0.3, -0.25) is 0 Å². The molecule has 2 unspecified atom stereocenters. The summed E-state index contributed by atoms with van der Waals surface area (Å²) < 4.78 is 19.0. The Morgan fingerprint density at radius 1 is 1.00 bits per heavy atom. The van der Waals surface area contributed by atoms with E-state index in [2.05, 4.69) is 48.6 Å². The highest BCUT2D eigenvalue weighted by Gasteiger charge is 2.45. The Morgan fingerprint density at radius 3 is 2.48 bits per heavy atom. The summed E-state index contributed by atoms with van der Waals surface area (Å²) in [7, 11) is 0. The van der Waals surface area contributed by atoms with Crippen molar-refractivity contribution in [1.82, 2.24) is 0 Å². The van der Waals surface area contributed by atoms with Crippen molar-refractivity contribution in [3.63, 3.8) is 0 Å². The van der Waals surface area contributed by atoms with Crippen LogP contribution in [0, 0.1) is 6.92 Å². The van der Waals surface area contributed by atoms with Crippen molar-refractivity contribution >= 4 is 17.3 Å². The highest BCUT2D eigenvalue weighted by atomic mass is 35.5. The van der Waals surface area contributed by atoms with Gasteiger partial charge < -0.3 is 19.5 Å². The zero-order valence-electron chi connectivity index (χ0n) is 19.7. The monoisotopic (exact) mass is 465 g/mol. The number of hydrogen-bond donors (Lipinski definition) is 1. The largest absolute Gasteiger partial charge is 0.485 e. The standard InChI is InChI=1S/C28H32ClNO3/c1-5-31-26-23-16-22(30-17-20-12-10-19(2)11-13-20)14-15-25(23)33-28(3,4)27(26)32-18-21-8-6-7-9-24(21)29/h6-16,26-27,30H,5,17-18H2,1-4H3. The molecule has 0 bridgehead atoms. The lowest BCUT2D eigenvalue weighted by Gasteiger charge is -2.44. The number of fused-ring (bicyclic) bond motifs is 1. The van der Waals surface area contributed by atoms with Gasteiger partial charge in [0.05, 0.1) is 6.61 Å². The second kappa shape index (κ2) is 10.2. The molecule has 4 rings (SSSR count). The molecule has 1 aliphatic rings. The van der Waals surface area contributed by atoms with Crippen LogP contribution in [0.3, 0.4) is 0 Å². The van der Waals surface area contributed by atoms with Gasteiger partial charge in [-0.05, 0) is 63.1 Å². The van der Waals surface area contributed by atoms with Gasteiger partial charge in [0.15, 0.2) is 0 Å². The summed E-state index contributed by atoms with van der Waals surface area (Å²) in [5.74, 6) is 0.830. The maximum absolute atomic E-state index is 6.41. The molecule has 0 saturated heterocycles. The van der Waals surface area contributed by atoms with Crippen molar-refractivity contribution in [3.8, 4) is 5.75 Å². The first-order valence-electron chi connectivity index (χ1n) is 11.5. The normalized spacial score (nSPS) is 18.9.